The molecule has 0 spiro atoms. The first-order valence-electron chi connectivity index (χ1n) is 9.53. The molecule has 2 aromatic carbocycles. The highest BCUT2D eigenvalue weighted by molar-refractivity contribution is 6.87. The van der Waals surface area contributed by atoms with Gasteiger partial charge in [-0.25, -0.2) is 0 Å². The molecule has 0 aliphatic heterocycles. The second-order valence-electron chi connectivity index (χ2n) is 9.06. The third-order valence-corrected chi connectivity index (χ3v) is 12.8. The minimum absolute atomic E-state index is 0. The Morgan fingerprint density at radius 2 is 1.06 bits per heavy atom. The summed E-state index contributed by atoms with van der Waals surface area (Å²) in [6.45, 7) is 15.3. The molecule has 174 valence electrons. The molecule has 0 radical (unpaired) electrons. The fourth-order valence-corrected chi connectivity index (χ4v) is 14.9. The van der Waals surface area contributed by atoms with Crippen LogP contribution in [0.25, 0.3) is 11.1 Å². The molecule has 0 amide bonds. The molecule has 0 aliphatic carbocycles. The minimum Gasteiger partial charge on any atom is -0.492 e. The first kappa shape index (κ1) is 31.5. The summed E-state index contributed by atoms with van der Waals surface area (Å²) in [5, 5.41) is 8.92. The van der Waals surface area contributed by atoms with Crippen LogP contribution in [0.3, 0.4) is 0 Å². The van der Waals surface area contributed by atoms with Crippen molar-refractivity contribution in [1.29, 1.82) is 5.26 Å². The highest BCUT2D eigenvalue weighted by Gasteiger charge is 2.41. The topological polar surface area (TPSA) is 51.5 Å². The minimum atomic E-state index is -2.42. The first-order valence-corrected chi connectivity index (χ1v) is 18.9. The first-order chi connectivity index (χ1) is 12.9. The molecule has 0 aromatic heterocycles. The van der Waals surface area contributed by atoms with Crippen LogP contribution in [0.1, 0.15) is 27.8 Å². The van der Waals surface area contributed by atoms with Crippen LogP contribution in [0, 0.1) is 11.3 Å². The summed E-state index contributed by atoms with van der Waals surface area (Å²) >= 11 is 0. The van der Waals surface area contributed by atoms with Gasteiger partial charge in [-0.05, 0) is 81.2 Å². The summed E-state index contributed by atoms with van der Waals surface area (Å²) in [4.78, 5) is 0. The average Bonchev–Trinajstić information content (AvgIpc) is 2.57. The summed E-state index contributed by atoms with van der Waals surface area (Å²) in [5.74, 6) is 0.814. The quantitative estimate of drug-likeness (QED) is 0.363. The SMILES string of the molecule is C.C.C.C[Si](C)(C)O[Si](C)(COc1ccc(-c2ccc(C#N)cc2)cc1)O[Si](C)(C)C. The molecule has 0 N–H and O–H groups in total. The molecule has 0 unspecified atom stereocenters. The summed E-state index contributed by atoms with van der Waals surface area (Å²) in [5.41, 5.74) is 2.83. The molecular weight excluding hydrogens is 435 g/mol. The van der Waals surface area contributed by atoms with Crippen LogP contribution in [-0.4, -0.2) is 31.4 Å². The van der Waals surface area contributed by atoms with E-state index < -0.39 is 25.2 Å². The number of benzene rings is 2. The molecule has 0 bridgehead atoms. The predicted molar refractivity (Wildman–Crippen MR) is 143 cm³/mol. The van der Waals surface area contributed by atoms with Gasteiger partial charge >= 0.3 is 8.56 Å². The van der Waals surface area contributed by atoms with E-state index in [2.05, 4.69) is 51.9 Å². The van der Waals surface area contributed by atoms with Gasteiger partial charge in [0, 0.05) is 0 Å². The zero-order chi connectivity index (χ0) is 21.0. The molecule has 0 fully saturated rings. The Morgan fingerprint density at radius 1 is 0.677 bits per heavy atom. The number of hydrogen-bond acceptors (Lipinski definition) is 4. The van der Waals surface area contributed by atoms with Crippen LogP contribution in [0.15, 0.2) is 48.5 Å². The molecule has 0 saturated carbocycles. The van der Waals surface area contributed by atoms with E-state index >= 15 is 0 Å². The lowest BCUT2D eigenvalue weighted by Crippen LogP contribution is -2.56. The lowest BCUT2D eigenvalue weighted by atomic mass is 10.0. The summed E-state index contributed by atoms with van der Waals surface area (Å²) < 4.78 is 19.1. The maximum Gasteiger partial charge on any atom is 0.353 e. The van der Waals surface area contributed by atoms with Gasteiger partial charge in [0.05, 0.1) is 11.6 Å². The van der Waals surface area contributed by atoms with Gasteiger partial charge in [0.1, 0.15) is 12.0 Å². The van der Waals surface area contributed by atoms with Gasteiger partial charge in [-0.2, -0.15) is 5.26 Å². The third kappa shape index (κ3) is 10.9. The van der Waals surface area contributed by atoms with E-state index in [1.54, 1.807) is 0 Å². The lowest BCUT2D eigenvalue weighted by Gasteiger charge is -2.38. The van der Waals surface area contributed by atoms with E-state index in [-0.39, 0.29) is 22.3 Å². The van der Waals surface area contributed by atoms with E-state index in [0.717, 1.165) is 16.9 Å². The van der Waals surface area contributed by atoms with Crippen molar-refractivity contribution in [2.24, 2.45) is 0 Å². The van der Waals surface area contributed by atoms with Gasteiger partial charge < -0.3 is 13.0 Å². The smallest absolute Gasteiger partial charge is 0.353 e. The molecule has 0 saturated heterocycles. The molecule has 2 aromatic rings. The van der Waals surface area contributed by atoms with Gasteiger partial charge in [0.15, 0.2) is 16.6 Å². The Hall–Kier alpha value is -1.70. The van der Waals surface area contributed by atoms with E-state index in [9.17, 15) is 0 Å². The average molecular weight is 478 g/mol. The molecule has 4 nitrogen and oxygen atoms in total. The van der Waals surface area contributed by atoms with Crippen LogP contribution < -0.4 is 4.74 Å². The van der Waals surface area contributed by atoms with Crippen molar-refractivity contribution in [2.75, 3.05) is 6.23 Å². The molecule has 0 atom stereocenters. The van der Waals surface area contributed by atoms with Crippen molar-refractivity contribution in [2.45, 2.75) is 68.1 Å². The van der Waals surface area contributed by atoms with Crippen molar-refractivity contribution in [3.8, 4) is 22.9 Å². The Kier molecular flexibility index (Phi) is 12.6. The van der Waals surface area contributed by atoms with Crippen LogP contribution in [0.2, 0.25) is 45.8 Å². The zero-order valence-electron chi connectivity index (χ0n) is 18.0. The van der Waals surface area contributed by atoms with Gasteiger partial charge in [0.25, 0.3) is 0 Å². The van der Waals surface area contributed by atoms with E-state index in [0.29, 0.717) is 11.8 Å². The van der Waals surface area contributed by atoms with Crippen LogP contribution in [-0.2, 0) is 8.23 Å². The molecule has 0 aliphatic rings. The van der Waals surface area contributed by atoms with Crippen LogP contribution >= 0.6 is 0 Å². The molecular formula is C24H43NO3Si3. The highest BCUT2D eigenvalue weighted by Crippen LogP contribution is 2.25. The number of rotatable bonds is 8. The largest absolute Gasteiger partial charge is 0.492 e. The summed E-state index contributed by atoms with van der Waals surface area (Å²) in [6, 6.07) is 17.8. The molecule has 2 rings (SSSR count). The molecule has 7 heteroatoms. The highest BCUT2D eigenvalue weighted by atomic mass is 28.5. The lowest BCUT2D eigenvalue weighted by molar-refractivity contribution is 0.293. The Labute approximate surface area is 194 Å². The Balaban J connectivity index is 0. The second-order valence-corrected chi connectivity index (χ2v) is 21.7. The molecule has 0 heterocycles. The monoisotopic (exact) mass is 477 g/mol. The maximum atomic E-state index is 8.92. The van der Waals surface area contributed by atoms with Crippen LogP contribution in [0.4, 0.5) is 0 Å². The van der Waals surface area contributed by atoms with E-state index in [4.69, 9.17) is 18.2 Å². The van der Waals surface area contributed by atoms with Crippen molar-refractivity contribution in [3.63, 3.8) is 0 Å². The second kappa shape index (κ2) is 12.4. The van der Waals surface area contributed by atoms with Gasteiger partial charge in [0.2, 0.25) is 0 Å². The number of hydrogen-bond donors (Lipinski definition) is 0. The predicted octanol–water partition coefficient (Wildman–Crippen LogP) is 7.83. The normalized spacial score (nSPS) is 11.3. The van der Waals surface area contributed by atoms with E-state index in [1.165, 1.54) is 0 Å². The van der Waals surface area contributed by atoms with Crippen molar-refractivity contribution in [1.82, 2.24) is 0 Å². The van der Waals surface area contributed by atoms with E-state index in [1.807, 2.05) is 48.5 Å². The number of nitriles is 1. The van der Waals surface area contributed by atoms with Crippen LogP contribution in [0.5, 0.6) is 5.75 Å². The summed E-state index contributed by atoms with van der Waals surface area (Å²) in [7, 11) is -5.89. The third-order valence-electron chi connectivity index (χ3n) is 3.75. The Morgan fingerprint density at radius 3 is 1.42 bits per heavy atom. The Bertz CT molecular complexity index is 802. The van der Waals surface area contributed by atoms with Gasteiger partial charge in [-0.1, -0.05) is 46.5 Å². The fourth-order valence-electron chi connectivity index (χ4n) is 3.07. The van der Waals surface area contributed by atoms with Gasteiger partial charge in [-0.3, -0.25) is 0 Å². The zero-order valence-corrected chi connectivity index (χ0v) is 21.0. The van der Waals surface area contributed by atoms with Crippen molar-refractivity contribution >= 4 is 25.2 Å². The van der Waals surface area contributed by atoms with Crippen molar-refractivity contribution < 1.29 is 13.0 Å². The molecule has 31 heavy (non-hydrogen) atoms. The van der Waals surface area contributed by atoms with Gasteiger partial charge in [-0.15, -0.1) is 0 Å². The van der Waals surface area contributed by atoms with Crippen molar-refractivity contribution in [3.05, 3.63) is 54.1 Å². The number of ether oxygens (including phenoxy) is 1. The fraction of sp³-hybridized carbons (Fsp3) is 0.458. The summed E-state index contributed by atoms with van der Waals surface area (Å²) in [6.07, 6.45) is 0.484. The standard InChI is InChI=1S/C21H31NO3Si3.3CH4/c1-26(2,3)24-28(7,25-27(4,5)6)17-23-21-14-12-20(13-15-21)19-10-8-18(16-22)9-11-19;;;/h8-15H,17H2,1-7H3;3*1H4. The maximum absolute atomic E-state index is 8.92. The number of nitrogens with zero attached hydrogens (tertiary/aromatic N) is 1.